The third kappa shape index (κ3) is 3.18. The molecule has 0 bridgehead atoms. The molecule has 0 aromatic rings. The molecule has 15 heavy (non-hydrogen) atoms. The van der Waals surface area contributed by atoms with Crippen LogP contribution in [0.15, 0.2) is 0 Å². The smallest absolute Gasteiger partial charge is 0.00420 e. The molecular formula is C13H26N2. The monoisotopic (exact) mass is 210 g/mol. The van der Waals surface area contributed by atoms with E-state index >= 15 is 0 Å². The predicted molar refractivity (Wildman–Crippen MR) is 64.8 cm³/mol. The van der Waals surface area contributed by atoms with Crippen molar-refractivity contribution in [2.45, 2.75) is 51.5 Å². The van der Waals surface area contributed by atoms with E-state index in [1.54, 1.807) is 0 Å². The number of piperidine rings is 1. The Morgan fingerprint density at radius 1 is 1.20 bits per heavy atom. The van der Waals surface area contributed by atoms with Gasteiger partial charge in [0.25, 0.3) is 0 Å². The first kappa shape index (κ1) is 11.4. The zero-order valence-corrected chi connectivity index (χ0v) is 10.1. The molecule has 0 spiro atoms. The maximum absolute atomic E-state index is 5.97. The molecule has 2 rings (SSSR count). The molecule has 88 valence electrons. The summed E-state index contributed by atoms with van der Waals surface area (Å²) >= 11 is 0. The molecule has 2 heteroatoms. The van der Waals surface area contributed by atoms with E-state index < -0.39 is 0 Å². The highest BCUT2D eigenvalue weighted by atomic mass is 15.1. The zero-order chi connectivity index (χ0) is 10.7. The van der Waals surface area contributed by atoms with Gasteiger partial charge in [-0.05, 0) is 50.5 Å². The summed E-state index contributed by atoms with van der Waals surface area (Å²) in [6.45, 7) is 6.34. The predicted octanol–water partition coefficient (Wildman–Crippen LogP) is 2.24. The molecule has 0 radical (unpaired) electrons. The fourth-order valence-corrected chi connectivity index (χ4v) is 3.29. The van der Waals surface area contributed by atoms with Crippen LogP contribution < -0.4 is 5.73 Å². The van der Waals surface area contributed by atoms with E-state index in [1.807, 2.05) is 0 Å². The van der Waals surface area contributed by atoms with Crippen LogP contribution in [0.25, 0.3) is 0 Å². The molecule has 3 unspecified atom stereocenters. The number of nitrogens with two attached hydrogens (primary N) is 1. The van der Waals surface area contributed by atoms with E-state index in [4.69, 9.17) is 5.73 Å². The Balaban J connectivity index is 1.74. The SMILES string of the molecule is CCC1CCCN(CC2CCC(N)C2)C1. The Morgan fingerprint density at radius 2 is 2.07 bits per heavy atom. The molecule has 2 nitrogen and oxygen atoms in total. The minimum atomic E-state index is 0.502. The van der Waals surface area contributed by atoms with Crippen molar-refractivity contribution >= 4 is 0 Å². The minimum absolute atomic E-state index is 0.502. The summed E-state index contributed by atoms with van der Waals surface area (Å²) in [5.41, 5.74) is 5.97. The summed E-state index contributed by atoms with van der Waals surface area (Å²) in [7, 11) is 0. The normalized spacial score (nSPS) is 38.4. The molecule has 0 aromatic heterocycles. The maximum Gasteiger partial charge on any atom is 0.00420 e. The van der Waals surface area contributed by atoms with Gasteiger partial charge in [-0.3, -0.25) is 0 Å². The van der Waals surface area contributed by atoms with Crippen molar-refractivity contribution in [3.63, 3.8) is 0 Å². The van der Waals surface area contributed by atoms with Crippen molar-refractivity contribution in [1.29, 1.82) is 0 Å². The summed E-state index contributed by atoms with van der Waals surface area (Å²) in [5, 5.41) is 0. The zero-order valence-electron chi connectivity index (χ0n) is 10.1. The lowest BCUT2D eigenvalue weighted by atomic mass is 9.94. The Morgan fingerprint density at radius 3 is 2.73 bits per heavy atom. The lowest BCUT2D eigenvalue weighted by molar-refractivity contribution is 0.149. The molecule has 0 aromatic carbocycles. The van der Waals surface area contributed by atoms with Crippen LogP contribution in [-0.4, -0.2) is 30.6 Å². The summed E-state index contributed by atoms with van der Waals surface area (Å²) < 4.78 is 0. The lowest BCUT2D eigenvalue weighted by Gasteiger charge is -2.33. The van der Waals surface area contributed by atoms with Crippen LogP contribution in [0.1, 0.15) is 45.4 Å². The van der Waals surface area contributed by atoms with Crippen LogP contribution in [-0.2, 0) is 0 Å². The third-order valence-corrected chi connectivity index (χ3v) is 4.28. The first-order chi connectivity index (χ1) is 7.28. The molecule has 1 aliphatic heterocycles. The summed E-state index contributed by atoms with van der Waals surface area (Å²) in [4.78, 5) is 2.69. The quantitative estimate of drug-likeness (QED) is 0.774. The van der Waals surface area contributed by atoms with Gasteiger partial charge in [0.2, 0.25) is 0 Å². The van der Waals surface area contributed by atoms with Gasteiger partial charge in [-0.25, -0.2) is 0 Å². The number of nitrogens with zero attached hydrogens (tertiary/aromatic N) is 1. The van der Waals surface area contributed by atoms with Crippen LogP contribution in [0.2, 0.25) is 0 Å². The molecule has 2 fully saturated rings. The second-order valence-electron chi connectivity index (χ2n) is 5.62. The average molecular weight is 210 g/mol. The number of hydrogen-bond donors (Lipinski definition) is 1. The Hall–Kier alpha value is -0.0800. The van der Waals surface area contributed by atoms with Gasteiger partial charge >= 0.3 is 0 Å². The molecule has 2 aliphatic rings. The second-order valence-corrected chi connectivity index (χ2v) is 5.62. The number of likely N-dealkylation sites (tertiary alicyclic amines) is 1. The maximum atomic E-state index is 5.97. The van der Waals surface area contributed by atoms with Crippen LogP contribution in [0.5, 0.6) is 0 Å². The fourth-order valence-electron chi connectivity index (χ4n) is 3.29. The van der Waals surface area contributed by atoms with Crippen molar-refractivity contribution in [3.8, 4) is 0 Å². The van der Waals surface area contributed by atoms with Crippen LogP contribution in [0.4, 0.5) is 0 Å². The van der Waals surface area contributed by atoms with Crippen molar-refractivity contribution in [3.05, 3.63) is 0 Å². The van der Waals surface area contributed by atoms with E-state index in [0.717, 1.165) is 11.8 Å². The van der Waals surface area contributed by atoms with Gasteiger partial charge < -0.3 is 10.6 Å². The summed E-state index contributed by atoms with van der Waals surface area (Å²) in [5.74, 6) is 1.87. The van der Waals surface area contributed by atoms with Crippen molar-refractivity contribution < 1.29 is 0 Å². The third-order valence-electron chi connectivity index (χ3n) is 4.28. The molecular weight excluding hydrogens is 184 g/mol. The molecule has 1 saturated heterocycles. The molecule has 1 aliphatic carbocycles. The van der Waals surface area contributed by atoms with E-state index in [0.29, 0.717) is 6.04 Å². The van der Waals surface area contributed by atoms with Gasteiger partial charge in [0.05, 0.1) is 0 Å². The van der Waals surface area contributed by atoms with Crippen molar-refractivity contribution in [1.82, 2.24) is 4.90 Å². The van der Waals surface area contributed by atoms with E-state index in [-0.39, 0.29) is 0 Å². The first-order valence-electron chi connectivity index (χ1n) is 6.76. The second kappa shape index (κ2) is 5.31. The molecule has 3 atom stereocenters. The Labute approximate surface area is 94.2 Å². The lowest BCUT2D eigenvalue weighted by Crippen LogP contribution is -2.38. The average Bonchev–Trinajstić information content (AvgIpc) is 2.64. The van der Waals surface area contributed by atoms with Gasteiger partial charge in [-0.1, -0.05) is 13.3 Å². The van der Waals surface area contributed by atoms with Crippen LogP contribution >= 0.6 is 0 Å². The highest BCUT2D eigenvalue weighted by Crippen LogP contribution is 2.27. The Kier molecular flexibility index (Phi) is 4.04. The van der Waals surface area contributed by atoms with Crippen LogP contribution in [0, 0.1) is 11.8 Å². The molecule has 0 amide bonds. The molecule has 1 saturated carbocycles. The van der Waals surface area contributed by atoms with Gasteiger partial charge in [0.1, 0.15) is 0 Å². The minimum Gasteiger partial charge on any atom is -0.328 e. The van der Waals surface area contributed by atoms with E-state index in [9.17, 15) is 0 Å². The Bertz CT molecular complexity index is 193. The van der Waals surface area contributed by atoms with Gasteiger partial charge in [0, 0.05) is 19.1 Å². The first-order valence-corrected chi connectivity index (χ1v) is 6.76. The number of rotatable bonds is 3. The molecule has 1 heterocycles. The highest BCUT2D eigenvalue weighted by Gasteiger charge is 2.26. The molecule has 2 N–H and O–H groups in total. The van der Waals surface area contributed by atoms with Gasteiger partial charge in [0.15, 0.2) is 0 Å². The van der Waals surface area contributed by atoms with E-state index in [2.05, 4.69) is 11.8 Å². The van der Waals surface area contributed by atoms with Crippen LogP contribution in [0.3, 0.4) is 0 Å². The highest BCUT2D eigenvalue weighted by molar-refractivity contribution is 4.82. The van der Waals surface area contributed by atoms with Crippen molar-refractivity contribution in [2.24, 2.45) is 17.6 Å². The standard InChI is InChI=1S/C13H26N2/c1-2-11-4-3-7-15(9-11)10-12-5-6-13(14)8-12/h11-13H,2-10,14H2,1H3. The summed E-state index contributed by atoms with van der Waals surface area (Å²) in [6, 6.07) is 0.502. The topological polar surface area (TPSA) is 29.3 Å². The largest absolute Gasteiger partial charge is 0.328 e. The van der Waals surface area contributed by atoms with Crippen molar-refractivity contribution in [2.75, 3.05) is 19.6 Å². The number of hydrogen-bond acceptors (Lipinski definition) is 2. The van der Waals surface area contributed by atoms with Gasteiger partial charge in [-0.15, -0.1) is 0 Å². The fraction of sp³-hybridized carbons (Fsp3) is 1.00. The van der Waals surface area contributed by atoms with E-state index in [1.165, 1.54) is 58.2 Å². The summed E-state index contributed by atoms with van der Waals surface area (Å²) in [6.07, 6.45) is 8.13. The van der Waals surface area contributed by atoms with Gasteiger partial charge in [-0.2, -0.15) is 0 Å².